The minimum atomic E-state index is -1.13. The number of nitrogens with zero attached hydrogens (tertiary/aromatic N) is 1. The van der Waals surface area contributed by atoms with Crippen molar-refractivity contribution >= 4 is 17.3 Å². The zero-order chi connectivity index (χ0) is 15.3. The lowest BCUT2D eigenvalue weighted by molar-refractivity contribution is -0.384. The Labute approximate surface area is 115 Å². The van der Waals surface area contributed by atoms with Crippen LogP contribution in [-0.2, 0) is 0 Å². The number of nitro groups is 1. The lowest BCUT2D eigenvalue weighted by Gasteiger charge is -2.27. The third-order valence-corrected chi connectivity index (χ3v) is 2.82. The largest absolute Gasteiger partial charge is 0.394 e. The molecule has 8 heteroatoms. The van der Waals surface area contributed by atoms with E-state index in [4.69, 9.17) is 0 Å². The molecule has 4 N–H and O–H groups in total. The van der Waals surface area contributed by atoms with Gasteiger partial charge in [-0.3, -0.25) is 14.9 Å². The van der Waals surface area contributed by atoms with Gasteiger partial charge in [0.1, 0.15) is 5.69 Å². The van der Waals surface area contributed by atoms with Gasteiger partial charge in [0, 0.05) is 18.7 Å². The van der Waals surface area contributed by atoms with Gasteiger partial charge in [0.15, 0.2) is 0 Å². The lowest BCUT2D eigenvalue weighted by Crippen LogP contribution is -2.42. The first kappa shape index (κ1) is 15.9. The molecule has 0 heterocycles. The predicted octanol–water partition coefficient (Wildman–Crippen LogP) is 0.110. The highest BCUT2D eigenvalue weighted by molar-refractivity contribution is 5.95. The SMILES string of the molecule is CNC(=O)c1ccc([N+](=O)[O-])c(NC(C)(CO)CO)c1. The Hall–Kier alpha value is -2.19. The average molecular weight is 283 g/mol. The number of hydrogen-bond donors (Lipinski definition) is 4. The van der Waals surface area contributed by atoms with Gasteiger partial charge < -0.3 is 20.8 Å². The van der Waals surface area contributed by atoms with Crippen LogP contribution in [0.25, 0.3) is 0 Å². The van der Waals surface area contributed by atoms with Gasteiger partial charge in [-0.15, -0.1) is 0 Å². The molecule has 0 spiro atoms. The van der Waals surface area contributed by atoms with Crippen LogP contribution in [0.15, 0.2) is 18.2 Å². The molecule has 0 saturated heterocycles. The van der Waals surface area contributed by atoms with Crippen molar-refractivity contribution in [3.8, 4) is 0 Å². The molecule has 0 aromatic heterocycles. The Bertz CT molecular complexity index is 514. The molecule has 1 aromatic carbocycles. The van der Waals surface area contributed by atoms with Crippen molar-refractivity contribution in [3.05, 3.63) is 33.9 Å². The summed E-state index contributed by atoms with van der Waals surface area (Å²) in [6.07, 6.45) is 0. The summed E-state index contributed by atoms with van der Waals surface area (Å²) in [5.41, 5.74) is -1.09. The van der Waals surface area contributed by atoms with Crippen LogP contribution >= 0.6 is 0 Å². The molecule has 0 aliphatic heterocycles. The fraction of sp³-hybridized carbons (Fsp3) is 0.417. The van der Waals surface area contributed by atoms with Gasteiger partial charge in [0.05, 0.1) is 23.7 Å². The zero-order valence-corrected chi connectivity index (χ0v) is 11.2. The predicted molar refractivity (Wildman–Crippen MR) is 72.7 cm³/mol. The van der Waals surface area contributed by atoms with Crippen LogP contribution in [0, 0.1) is 10.1 Å². The maximum Gasteiger partial charge on any atom is 0.292 e. The molecule has 0 saturated carbocycles. The second-order valence-corrected chi connectivity index (χ2v) is 4.57. The highest BCUT2D eigenvalue weighted by atomic mass is 16.6. The van der Waals surface area contributed by atoms with Gasteiger partial charge in [-0.25, -0.2) is 0 Å². The highest BCUT2D eigenvalue weighted by Crippen LogP contribution is 2.28. The Morgan fingerprint density at radius 3 is 2.45 bits per heavy atom. The first-order chi connectivity index (χ1) is 9.36. The summed E-state index contributed by atoms with van der Waals surface area (Å²) >= 11 is 0. The molecule has 1 aromatic rings. The Kier molecular flexibility index (Phi) is 5.00. The number of benzene rings is 1. The molecule has 1 rings (SSSR count). The van der Waals surface area contributed by atoms with Gasteiger partial charge in [-0.05, 0) is 19.1 Å². The van der Waals surface area contributed by atoms with Crippen LogP contribution in [0.3, 0.4) is 0 Å². The molecule has 0 unspecified atom stereocenters. The van der Waals surface area contributed by atoms with E-state index in [1.165, 1.54) is 32.2 Å². The van der Waals surface area contributed by atoms with Crippen molar-refractivity contribution in [1.82, 2.24) is 5.32 Å². The number of aliphatic hydroxyl groups excluding tert-OH is 2. The van der Waals surface area contributed by atoms with Crippen molar-refractivity contribution < 1.29 is 19.9 Å². The summed E-state index contributed by atoms with van der Waals surface area (Å²) in [5.74, 6) is -0.391. The van der Waals surface area contributed by atoms with Gasteiger partial charge in [0.2, 0.25) is 0 Å². The minimum absolute atomic E-state index is 0.0571. The molecule has 20 heavy (non-hydrogen) atoms. The fourth-order valence-corrected chi connectivity index (χ4v) is 1.54. The Morgan fingerprint density at radius 2 is 2.00 bits per heavy atom. The Morgan fingerprint density at radius 1 is 1.40 bits per heavy atom. The van der Waals surface area contributed by atoms with E-state index in [0.717, 1.165) is 0 Å². The number of rotatable bonds is 6. The number of carbonyl (C=O) groups is 1. The summed E-state index contributed by atoms with van der Waals surface area (Å²) < 4.78 is 0. The zero-order valence-electron chi connectivity index (χ0n) is 11.2. The maximum atomic E-state index is 11.5. The highest BCUT2D eigenvalue weighted by Gasteiger charge is 2.26. The van der Waals surface area contributed by atoms with Gasteiger partial charge >= 0.3 is 0 Å². The maximum absolute atomic E-state index is 11.5. The third kappa shape index (κ3) is 3.43. The number of hydrogen-bond acceptors (Lipinski definition) is 6. The van der Waals surface area contributed by atoms with Gasteiger partial charge in [0.25, 0.3) is 11.6 Å². The van der Waals surface area contributed by atoms with Gasteiger partial charge in [-0.1, -0.05) is 0 Å². The van der Waals surface area contributed by atoms with Crippen molar-refractivity contribution in [1.29, 1.82) is 0 Å². The molecule has 0 aliphatic rings. The molecule has 0 radical (unpaired) electrons. The van der Waals surface area contributed by atoms with Crippen molar-refractivity contribution in [2.45, 2.75) is 12.5 Å². The van der Waals surface area contributed by atoms with Crippen LogP contribution in [0.2, 0.25) is 0 Å². The van der Waals surface area contributed by atoms with Crippen LogP contribution in [0.5, 0.6) is 0 Å². The first-order valence-corrected chi connectivity index (χ1v) is 5.87. The van der Waals surface area contributed by atoms with E-state index in [0.29, 0.717) is 0 Å². The number of nitrogens with one attached hydrogen (secondary N) is 2. The summed E-state index contributed by atoms with van der Waals surface area (Å²) in [7, 11) is 1.45. The van der Waals surface area contributed by atoms with Crippen molar-refractivity contribution in [2.24, 2.45) is 0 Å². The van der Waals surface area contributed by atoms with E-state index >= 15 is 0 Å². The van der Waals surface area contributed by atoms with E-state index in [1.54, 1.807) is 0 Å². The molecule has 0 fully saturated rings. The average Bonchev–Trinajstić information content (AvgIpc) is 2.45. The number of carbonyl (C=O) groups excluding carboxylic acids is 1. The van der Waals surface area contributed by atoms with E-state index in [-0.39, 0.29) is 16.9 Å². The molecule has 0 atom stereocenters. The van der Waals surface area contributed by atoms with E-state index in [2.05, 4.69) is 10.6 Å². The third-order valence-electron chi connectivity index (χ3n) is 2.82. The second-order valence-electron chi connectivity index (χ2n) is 4.57. The molecule has 0 bridgehead atoms. The standard InChI is InChI=1S/C12H17N3O5/c1-12(6-16,7-17)14-9-5-8(11(18)13-2)3-4-10(9)15(19)20/h3-5,14,16-17H,6-7H2,1-2H3,(H,13,18). The van der Waals surface area contributed by atoms with Crippen LogP contribution in [0.1, 0.15) is 17.3 Å². The van der Waals surface area contributed by atoms with Crippen LogP contribution < -0.4 is 10.6 Å². The monoisotopic (exact) mass is 283 g/mol. The molecule has 1 amide bonds. The second kappa shape index (κ2) is 6.31. The van der Waals surface area contributed by atoms with E-state index in [9.17, 15) is 25.1 Å². The number of nitro benzene ring substituents is 1. The Balaban J connectivity index is 3.25. The normalized spacial score (nSPS) is 11.0. The molecular weight excluding hydrogens is 266 g/mol. The van der Waals surface area contributed by atoms with E-state index < -0.39 is 29.6 Å². The number of anilines is 1. The summed E-state index contributed by atoms with van der Waals surface area (Å²) in [5, 5.41) is 34.5. The molecular formula is C12H17N3O5. The molecule has 0 aliphatic carbocycles. The summed E-state index contributed by atoms with van der Waals surface area (Å²) in [4.78, 5) is 21.9. The smallest absolute Gasteiger partial charge is 0.292 e. The fourth-order valence-electron chi connectivity index (χ4n) is 1.54. The molecule has 8 nitrogen and oxygen atoms in total. The van der Waals surface area contributed by atoms with Gasteiger partial charge in [-0.2, -0.15) is 0 Å². The summed E-state index contributed by atoms with van der Waals surface area (Å²) in [6.45, 7) is 0.652. The minimum Gasteiger partial charge on any atom is -0.394 e. The van der Waals surface area contributed by atoms with E-state index in [1.807, 2.05) is 0 Å². The van der Waals surface area contributed by atoms with Crippen LogP contribution in [-0.4, -0.2) is 46.8 Å². The van der Waals surface area contributed by atoms with Crippen LogP contribution in [0.4, 0.5) is 11.4 Å². The molecule has 110 valence electrons. The lowest BCUT2D eigenvalue weighted by atomic mass is 10.0. The topological polar surface area (TPSA) is 125 Å². The summed E-state index contributed by atoms with van der Waals surface area (Å²) in [6, 6.07) is 3.83. The van der Waals surface area contributed by atoms with Crippen molar-refractivity contribution in [3.63, 3.8) is 0 Å². The first-order valence-electron chi connectivity index (χ1n) is 5.87. The van der Waals surface area contributed by atoms with Crippen molar-refractivity contribution in [2.75, 3.05) is 25.6 Å². The quantitative estimate of drug-likeness (QED) is 0.434. The number of amides is 1. The number of aliphatic hydroxyl groups is 2.